The Morgan fingerprint density at radius 2 is 2.20 bits per heavy atom. The van der Waals surface area contributed by atoms with Gasteiger partial charge in [-0.2, -0.15) is 5.10 Å². The molecule has 1 aliphatic rings. The van der Waals surface area contributed by atoms with Crippen LogP contribution in [0.2, 0.25) is 0 Å². The van der Waals surface area contributed by atoms with E-state index >= 15 is 0 Å². The van der Waals surface area contributed by atoms with E-state index in [2.05, 4.69) is 9.82 Å². The zero-order valence-electron chi connectivity index (χ0n) is 13.6. The van der Waals surface area contributed by atoms with E-state index in [1.807, 2.05) is 24.3 Å². The Morgan fingerprint density at radius 1 is 1.40 bits per heavy atom. The molecule has 8 nitrogen and oxygen atoms in total. The molecule has 2 aromatic rings. The number of hydrogen-bond donors (Lipinski definition) is 1. The van der Waals surface area contributed by atoms with Crippen LogP contribution in [0.5, 0.6) is 5.75 Å². The highest BCUT2D eigenvalue weighted by atomic mass is 32.2. The first-order valence-corrected chi connectivity index (χ1v) is 11.0. The molecule has 0 aliphatic carbocycles. The summed E-state index contributed by atoms with van der Waals surface area (Å²) in [5.74, 6) is 0.301. The van der Waals surface area contributed by atoms with Crippen molar-refractivity contribution in [1.82, 2.24) is 14.5 Å². The molecule has 0 amide bonds. The van der Waals surface area contributed by atoms with Crippen LogP contribution < -0.4 is 9.46 Å². The Morgan fingerprint density at radius 3 is 2.88 bits per heavy atom. The minimum atomic E-state index is -3.68. The number of nitrogens with one attached hydrogen (secondary N) is 1. The predicted octanol–water partition coefficient (Wildman–Crippen LogP) is 0.487. The van der Waals surface area contributed by atoms with E-state index < -0.39 is 25.1 Å². The van der Waals surface area contributed by atoms with Crippen LogP contribution in [0.15, 0.2) is 36.7 Å². The Labute approximate surface area is 146 Å². The van der Waals surface area contributed by atoms with Gasteiger partial charge in [-0.15, -0.1) is 0 Å². The van der Waals surface area contributed by atoms with E-state index in [0.717, 1.165) is 5.69 Å². The highest BCUT2D eigenvalue weighted by Gasteiger charge is 2.36. The molecule has 1 N–H and O–H groups in total. The Hall–Kier alpha value is -1.91. The highest BCUT2D eigenvalue weighted by Crippen LogP contribution is 2.19. The van der Waals surface area contributed by atoms with Crippen molar-refractivity contribution in [2.45, 2.75) is 18.2 Å². The zero-order chi connectivity index (χ0) is 18.1. The summed E-state index contributed by atoms with van der Waals surface area (Å²) in [4.78, 5) is 0. The minimum Gasteiger partial charge on any atom is -0.497 e. The molecule has 1 aromatic heterocycles. The zero-order valence-corrected chi connectivity index (χ0v) is 15.3. The monoisotopic (exact) mass is 385 g/mol. The van der Waals surface area contributed by atoms with Crippen molar-refractivity contribution in [2.75, 3.05) is 18.6 Å². The molecular formula is C15H19N3O5S2. The average molecular weight is 385 g/mol. The van der Waals surface area contributed by atoms with Gasteiger partial charge in [-0.1, -0.05) is 6.07 Å². The maximum absolute atomic E-state index is 12.2. The van der Waals surface area contributed by atoms with Crippen molar-refractivity contribution in [2.24, 2.45) is 0 Å². The number of benzene rings is 1. The smallest absolute Gasteiger partial charge is 0.215 e. The van der Waals surface area contributed by atoms with Crippen LogP contribution in [0.4, 0.5) is 0 Å². The lowest BCUT2D eigenvalue weighted by Gasteiger charge is -2.10. The lowest BCUT2D eigenvalue weighted by molar-refractivity contribution is 0.414. The normalized spacial score (nSPS) is 19.8. The summed E-state index contributed by atoms with van der Waals surface area (Å²) < 4.78 is 56.6. The molecule has 1 atom stereocenters. The van der Waals surface area contributed by atoms with Crippen LogP contribution in [0.3, 0.4) is 0 Å². The van der Waals surface area contributed by atoms with Crippen molar-refractivity contribution in [1.29, 1.82) is 0 Å². The van der Waals surface area contributed by atoms with E-state index in [1.165, 1.54) is 0 Å². The second-order valence-electron chi connectivity index (χ2n) is 5.89. The summed E-state index contributed by atoms with van der Waals surface area (Å²) in [6.07, 6.45) is 3.41. The van der Waals surface area contributed by atoms with Gasteiger partial charge in [0.1, 0.15) is 5.75 Å². The molecule has 1 saturated heterocycles. The maximum atomic E-state index is 12.2. The summed E-state index contributed by atoms with van der Waals surface area (Å²) in [7, 11) is -5.35. The lowest BCUT2D eigenvalue weighted by atomic mass is 10.3. The number of hydrogen-bond acceptors (Lipinski definition) is 6. The molecule has 0 spiro atoms. The Bertz CT molecular complexity index is 967. The summed E-state index contributed by atoms with van der Waals surface area (Å²) in [6, 6.07) is 7.31. The quantitative estimate of drug-likeness (QED) is 0.775. The molecule has 3 rings (SSSR count). The van der Waals surface area contributed by atoms with Crippen molar-refractivity contribution in [3.05, 3.63) is 42.2 Å². The first-order chi connectivity index (χ1) is 11.8. The van der Waals surface area contributed by atoms with E-state index in [9.17, 15) is 16.8 Å². The van der Waals surface area contributed by atoms with Crippen LogP contribution >= 0.6 is 0 Å². The number of sulfonamides is 1. The van der Waals surface area contributed by atoms with Crippen molar-refractivity contribution in [3.63, 3.8) is 0 Å². The minimum absolute atomic E-state index is 0.0584. The van der Waals surface area contributed by atoms with E-state index in [1.54, 1.807) is 24.2 Å². The lowest BCUT2D eigenvalue weighted by Crippen LogP contribution is -2.34. The maximum Gasteiger partial charge on any atom is 0.215 e. The van der Waals surface area contributed by atoms with Gasteiger partial charge < -0.3 is 4.74 Å². The van der Waals surface area contributed by atoms with Crippen LogP contribution in [0.1, 0.15) is 12.0 Å². The summed E-state index contributed by atoms with van der Waals surface area (Å²) in [6.45, 7) is 0.0584. The fraction of sp³-hybridized carbons (Fsp3) is 0.400. The van der Waals surface area contributed by atoms with Gasteiger partial charge in [0.15, 0.2) is 9.84 Å². The number of methoxy groups -OCH3 is 1. The second-order valence-corrected chi connectivity index (χ2v) is 10.2. The summed E-state index contributed by atoms with van der Waals surface area (Å²) in [5.41, 5.74) is 1.46. The molecule has 2 heterocycles. The van der Waals surface area contributed by atoms with Gasteiger partial charge in [-0.25, -0.2) is 26.2 Å². The molecule has 0 radical (unpaired) electrons. The first kappa shape index (κ1) is 17.9. The number of aromatic nitrogens is 2. The number of nitrogens with zero attached hydrogens (tertiary/aromatic N) is 2. The van der Waals surface area contributed by atoms with Gasteiger partial charge in [0, 0.05) is 24.4 Å². The largest absolute Gasteiger partial charge is 0.497 e. The Balaban J connectivity index is 1.67. The van der Waals surface area contributed by atoms with Crippen molar-refractivity contribution in [3.8, 4) is 11.4 Å². The molecule has 1 aromatic carbocycles. The third kappa shape index (κ3) is 4.20. The van der Waals surface area contributed by atoms with Crippen molar-refractivity contribution < 1.29 is 21.6 Å². The third-order valence-electron chi connectivity index (χ3n) is 4.06. The summed E-state index contributed by atoms with van der Waals surface area (Å²) in [5, 5.41) is 3.33. The standard InChI is InChI=1S/C15H19N3O5S2/c1-23-14-4-2-3-13(7-14)18-10-12(8-16-18)9-17-25(21,22)15-5-6-24(19,20)11-15/h2-4,7-8,10,15,17H,5-6,9,11H2,1H3/t15-/m0/s1. The average Bonchev–Trinajstić information content (AvgIpc) is 3.20. The fourth-order valence-corrected chi connectivity index (χ4v) is 6.72. The molecule has 10 heteroatoms. The van der Waals surface area contributed by atoms with E-state index in [4.69, 9.17) is 4.74 Å². The molecule has 1 fully saturated rings. The van der Waals surface area contributed by atoms with Crippen LogP contribution in [0, 0.1) is 0 Å². The SMILES string of the molecule is COc1cccc(-n2cc(CNS(=O)(=O)[C@H]3CCS(=O)(=O)C3)cn2)c1. The van der Waals surface area contributed by atoms with Crippen LogP contribution in [-0.4, -0.2) is 50.5 Å². The van der Waals surface area contributed by atoms with E-state index in [0.29, 0.717) is 11.3 Å². The van der Waals surface area contributed by atoms with Crippen LogP contribution in [-0.2, 0) is 26.4 Å². The number of ether oxygens (including phenoxy) is 1. The second kappa shape index (κ2) is 6.77. The molecule has 0 unspecified atom stereocenters. The van der Waals surface area contributed by atoms with Gasteiger partial charge in [-0.3, -0.25) is 0 Å². The Kier molecular flexibility index (Phi) is 4.85. The van der Waals surface area contributed by atoms with Crippen LogP contribution in [0.25, 0.3) is 5.69 Å². The highest BCUT2D eigenvalue weighted by molar-refractivity contribution is 7.95. The number of sulfone groups is 1. The van der Waals surface area contributed by atoms with Gasteiger partial charge in [-0.05, 0) is 18.6 Å². The van der Waals surface area contributed by atoms with Gasteiger partial charge in [0.25, 0.3) is 0 Å². The van der Waals surface area contributed by atoms with Gasteiger partial charge >= 0.3 is 0 Å². The van der Waals surface area contributed by atoms with E-state index in [-0.39, 0.29) is 24.5 Å². The molecule has 136 valence electrons. The molecule has 25 heavy (non-hydrogen) atoms. The fourth-order valence-electron chi connectivity index (χ4n) is 2.65. The predicted molar refractivity (Wildman–Crippen MR) is 92.9 cm³/mol. The van der Waals surface area contributed by atoms with Gasteiger partial charge in [0.05, 0.1) is 35.7 Å². The number of rotatable bonds is 6. The molecule has 0 saturated carbocycles. The van der Waals surface area contributed by atoms with Gasteiger partial charge in [0.2, 0.25) is 10.0 Å². The topological polar surface area (TPSA) is 107 Å². The third-order valence-corrected chi connectivity index (χ3v) is 7.87. The first-order valence-electron chi connectivity index (χ1n) is 7.66. The molecular weight excluding hydrogens is 366 g/mol. The summed E-state index contributed by atoms with van der Waals surface area (Å²) >= 11 is 0. The molecule has 1 aliphatic heterocycles. The molecule has 0 bridgehead atoms. The van der Waals surface area contributed by atoms with Crippen molar-refractivity contribution >= 4 is 19.9 Å².